The summed E-state index contributed by atoms with van der Waals surface area (Å²) in [5.41, 5.74) is 2.97. The Kier molecular flexibility index (Phi) is 7.75. The van der Waals surface area contributed by atoms with E-state index >= 15 is 0 Å². The molecule has 0 aliphatic rings. The molecule has 28 heavy (non-hydrogen) atoms. The van der Waals surface area contributed by atoms with E-state index in [4.69, 9.17) is 4.74 Å². The van der Waals surface area contributed by atoms with Gasteiger partial charge >= 0.3 is 5.97 Å². The SMILES string of the molecule is CCCN(Cc1ccc(C)cc1)C(=O)COC(=O)c1cccc(NC(C)=O)c1. The summed E-state index contributed by atoms with van der Waals surface area (Å²) in [4.78, 5) is 37.6. The molecule has 1 N–H and O–H groups in total. The highest BCUT2D eigenvalue weighted by Crippen LogP contribution is 2.12. The summed E-state index contributed by atoms with van der Waals surface area (Å²) in [6.45, 7) is 6.13. The van der Waals surface area contributed by atoms with Crippen LogP contribution in [0.15, 0.2) is 48.5 Å². The number of anilines is 1. The number of amides is 2. The van der Waals surface area contributed by atoms with Crippen LogP contribution in [0.3, 0.4) is 0 Å². The van der Waals surface area contributed by atoms with E-state index in [9.17, 15) is 14.4 Å². The molecule has 2 aromatic carbocycles. The van der Waals surface area contributed by atoms with Crippen LogP contribution in [0.25, 0.3) is 0 Å². The molecule has 0 unspecified atom stereocenters. The van der Waals surface area contributed by atoms with E-state index < -0.39 is 5.97 Å². The van der Waals surface area contributed by atoms with Crippen LogP contribution in [0.4, 0.5) is 5.69 Å². The molecule has 0 saturated heterocycles. The summed E-state index contributed by atoms with van der Waals surface area (Å²) < 4.78 is 5.19. The van der Waals surface area contributed by atoms with E-state index in [1.54, 1.807) is 23.1 Å². The maximum atomic E-state index is 12.5. The first-order chi connectivity index (χ1) is 13.4. The smallest absolute Gasteiger partial charge is 0.338 e. The van der Waals surface area contributed by atoms with Gasteiger partial charge in [-0.2, -0.15) is 0 Å². The fourth-order valence-corrected chi connectivity index (χ4v) is 2.70. The third-order valence-corrected chi connectivity index (χ3v) is 4.09. The van der Waals surface area contributed by atoms with Crippen LogP contribution < -0.4 is 5.32 Å². The Balaban J connectivity index is 1.96. The van der Waals surface area contributed by atoms with Crippen LogP contribution in [-0.4, -0.2) is 35.8 Å². The number of aryl methyl sites for hydroxylation is 1. The van der Waals surface area contributed by atoms with Crippen molar-refractivity contribution in [2.45, 2.75) is 33.7 Å². The van der Waals surface area contributed by atoms with Crippen molar-refractivity contribution in [2.24, 2.45) is 0 Å². The van der Waals surface area contributed by atoms with Crippen LogP contribution in [0.2, 0.25) is 0 Å². The van der Waals surface area contributed by atoms with Gasteiger partial charge in [-0.05, 0) is 37.1 Å². The topological polar surface area (TPSA) is 75.7 Å². The summed E-state index contributed by atoms with van der Waals surface area (Å²) in [5, 5.41) is 2.61. The lowest BCUT2D eigenvalue weighted by atomic mass is 10.1. The van der Waals surface area contributed by atoms with E-state index in [1.165, 1.54) is 13.0 Å². The molecule has 2 aromatic rings. The molecule has 2 rings (SSSR count). The van der Waals surface area contributed by atoms with Crippen molar-refractivity contribution in [1.82, 2.24) is 4.90 Å². The Morgan fingerprint density at radius 2 is 1.79 bits per heavy atom. The van der Waals surface area contributed by atoms with Crippen molar-refractivity contribution in [3.05, 3.63) is 65.2 Å². The number of esters is 1. The lowest BCUT2D eigenvalue weighted by Gasteiger charge is -2.22. The van der Waals surface area contributed by atoms with E-state index in [0.717, 1.165) is 17.5 Å². The Morgan fingerprint density at radius 1 is 1.07 bits per heavy atom. The number of carbonyl (C=O) groups is 3. The van der Waals surface area contributed by atoms with Crippen molar-refractivity contribution in [1.29, 1.82) is 0 Å². The minimum absolute atomic E-state index is 0.230. The van der Waals surface area contributed by atoms with E-state index in [0.29, 0.717) is 18.8 Å². The summed E-state index contributed by atoms with van der Waals surface area (Å²) in [5.74, 6) is -1.08. The molecule has 0 radical (unpaired) electrons. The molecule has 0 saturated carbocycles. The normalized spacial score (nSPS) is 10.2. The van der Waals surface area contributed by atoms with Gasteiger partial charge < -0.3 is 15.0 Å². The van der Waals surface area contributed by atoms with Crippen molar-refractivity contribution in [2.75, 3.05) is 18.5 Å². The predicted molar refractivity (Wildman–Crippen MR) is 108 cm³/mol. The van der Waals surface area contributed by atoms with Gasteiger partial charge in [-0.25, -0.2) is 4.79 Å². The zero-order valence-electron chi connectivity index (χ0n) is 16.5. The second-order valence-corrected chi connectivity index (χ2v) is 6.64. The molecule has 6 nitrogen and oxygen atoms in total. The van der Waals surface area contributed by atoms with Gasteiger partial charge in [0.1, 0.15) is 0 Å². The van der Waals surface area contributed by atoms with Gasteiger partial charge in [-0.3, -0.25) is 9.59 Å². The van der Waals surface area contributed by atoms with Crippen molar-refractivity contribution >= 4 is 23.5 Å². The second-order valence-electron chi connectivity index (χ2n) is 6.64. The molecule has 0 aromatic heterocycles. The Bertz CT molecular complexity index is 831. The van der Waals surface area contributed by atoms with Crippen molar-refractivity contribution in [3.8, 4) is 0 Å². The molecule has 0 fully saturated rings. The third kappa shape index (κ3) is 6.54. The van der Waals surface area contributed by atoms with Gasteiger partial charge in [-0.1, -0.05) is 42.8 Å². The summed E-state index contributed by atoms with van der Waals surface area (Å²) in [6, 6.07) is 14.4. The maximum Gasteiger partial charge on any atom is 0.338 e. The molecule has 148 valence electrons. The van der Waals surface area contributed by atoms with Gasteiger partial charge in [0.15, 0.2) is 6.61 Å². The molecule has 6 heteroatoms. The summed E-state index contributed by atoms with van der Waals surface area (Å²) in [6.07, 6.45) is 0.810. The highest BCUT2D eigenvalue weighted by molar-refractivity contribution is 5.94. The number of ether oxygens (including phenoxy) is 1. The van der Waals surface area contributed by atoms with E-state index in [2.05, 4.69) is 5.32 Å². The van der Waals surface area contributed by atoms with Gasteiger partial charge in [0.25, 0.3) is 5.91 Å². The first-order valence-electron chi connectivity index (χ1n) is 9.27. The Labute approximate surface area is 165 Å². The fraction of sp³-hybridized carbons (Fsp3) is 0.318. The van der Waals surface area contributed by atoms with Crippen molar-refractivity contribution in [3.63, 3.8) is 0 Å². The molecule has 0 heterocycles. The van der Waals surface area contributed by atoms with E-state index in [1.807, 2.05) is 38.1 Å². The standard InChI is InChI=1S/C22H26N2O4/c1-4-12-24(14-18-10-8-16(2)9-11-18)21(26)15-28-22(27)19-6-5-7-20(13-19)23-17(3)25/h5-11,13H,4,12,14-15H2,1-3H3,(H,23,25). The maximum absolute atomic E-state index is 12.5. The summed E-state index contributed by atoms with van der Waals surface area (Å²) in [7, 11) is 0. The first kappa shape index (κ1) is 21.2. The van der Waals surface area contributed by atoms with Crippen LogP contribution in [0, 0.1) is 6.92 Å². The number of benzene rings is 2. The molecule has 0 bridgehead atoms. The molecule has 0 aliphatic carbocycles. The van der Waals surface area contributed by atoms with Gasteiger partial charge in [0, 0.05) is 25.7 Å². The van der Waals surface area contributed by atoms with Crippen LogP contribution >= 0.6 is 0 Å². The average Bonchev–Trinajstić information content (AvgIpc) is 2.67. The highest BCUT2D eigenvalue weighted by Gasteiger charge is 2.17. The quantitative estimate of drug-likeness (QED) is 0.709. The minimum Gasteiger partial charge on any atom is -0.452 e. The van der Waals surface area contributed by atoms with E-state index in [-0.39, 0.29) is 24.0 Å². The second kappa shape index (κ2) is 10.3. The molecular formula is C22H26N2O4. The lowest BCUT2D eigenvalue weighted by Crippen LogP contribution is -2.34. The Morgan fingerprint density at radius 3 is 2.43 bits per heavy atom. The monoisotopic (exact) mass is 382 g/mol. The average molecular weight is 382 g/mol. The largest absolute Gasteiger partial charge is 0.452 e. The van der Waals surface area contributed by atoms with Crippen LogP contribution in [0.1, 0.15) is 41.8 Å². The van der Waals surface area contributed by atoms with Crippen LogP contribution in [-0.2, 0) is 20.9 Å². The molecule has 0 spiro atoms. The lowest BCUT2D eigenvalue weighted by molar-refractivity contribution is -0.135. The predicted octanol–water partition coefficient (Wildman–Crippen LogP) is 3.55. The fourth-order valence-electron chi connectivity index (χ4n) is 2.70. The van der Waals surface area contributed by atoms with Crippen molar-refractivity contribution < 1.29 is 19.1 Å². The molecular weight excluding hydrogens is 356 g/mol. The number of rotatable bonds is 8. The van der Waals surface area contributed by atoms with Gasteiger partial charge in [0.2, 0.25) is 5.91 Å². The molecule has 0 aliphatic heterocycles. The van der Waals surface area contributed by atoms with Crippen LogP contribution in [0.5, 0.6) is 0 Å². The summed E-state index contributed by atoms with van der Waals surface area (Å²) >= 11 is 0. The number of nitrogens with zero attached hydrogens (tertiary/aromatic N) is 1. The minimum atomic E-state index is -0.604. The molecule has 0 atom stereocenters. The number of hydrogen-bond acceptors (Lipinski definition) is 4. The highest BCUT2D eigenvalue weighted by atomic mass is 16.5. The zero-order valence-corrected chi connectivity index (χ0v) is 16.5. The van der Waals surface area contributed by atoms with Gasteiger partial charge in [0.05, 0.1) is 5.56 Å². The number of carbonyl (C=O) groups excluding carboxylic acids is 3. The Hall–Kier alpha value is -3.15. The number of hydrogen-bond donors (Lipinski definition) is 1. The molecule has 2 amide bonds. The third-order valence-electron chi connectivity index (χ3n) is 4.09. The zero-order chi connectivity index (χ0) is 20.5. The number of nitrogens with one attached hydrogen (secondary N) is 1. The van der Waals surface area contributed by atoms with Gasteiger partial charge in [-0.15, -0.1) is 0 Å². The first-order valence-corrected chi connectivity index (χ1v) is 9.27.